The summed E-state index contributed by atoms with van der Waals surface area (Å²) in [5.41, 5.74) is 2.35. The highest BCUT2D eigenvalue weighted by atomic mass is 16.2. The first kappa shape index (κ1) is 7.40. The highest BCUT2D eigenvalue weighted by Crippen LogP contribution is 2.19. The summed E-state index contributed by atoms with van der Waals surface area (Å²) >= 11 is 0. The lowest BCUT2D eigenvalue weighted by molar-refractivity contribution is -0.125. The van der Waals surface area contributed by atoms with E-state index in [9.17, 15) is 4.79 Å². The molecule has 0 bridgehead atoms. The normalized spacial score (nSPS) is 21.8. The highest BCUT2D eigenvalue weighted by molar-refractivity contribution is 5.81. The van der Waals surface area contributed by atoms with Crippen molar-refractivity contribution in [3.05, 3.63) is 23.5 Å². The number of hydrogen-bond donors (Lipinski definition) is 1. The summed E-state index contributed by atoms with van der Waals surface area (Å²) in [7, 11) is 0. The summed E-state index contributed by atoms with van der Waals surface area (Å²) in [4.78, 5) is 11.3. The minimum absolute atomic E-state index is 0.0521. The van der Waals surface area contributed by atoms with Crippen LogP contribution in [0, 0.1) is 6.92 Å². The number of amides is 1. The van der Waals surface area contributed by atoms with Gasteiger partial charge < -0.3 is 9.88 Å². The number of carbonyl (C=O) groups excluding carboxylic acids is 1. The first-order chi connectivity index (χ1) is 5.70. The lowest BCUT2D eigenvalue weighted by Crippen LogP contribution is -2.37. The van der Waals surface area contributed by atoms with E-state index < -0.39 is 0 Å². The van der Waals surface area contributed by atoms with Crippen LogP contribution in [0.1, 0.15) is 24.4 Å². The van der Waals surface area contributed by atoms with Crippen LogP contribution >= 0.6 is 0 Å². The van der Waals surface area contributed by atoms with Crippen LogP contribution < -0.4 is 5.32 Å². The monoisotopic (exact) mass is 164 g/mol. The Bertz CT molecular complexity index is 327. The molecule has 1 aromatic rings. The molecule has 3 heteroatoms. The van der Waals surface area contributed by atoms with Crippen molar-refractivity contribution in [3.8, 4) is 0 Å². The van der Waals surface area contributed by atoms with Crippen LogP contribution in [-0.4, -0.2) is 10.5 Å². The summed E-state index contributed by atoms with van der Waals surface area (Å²) < 4.78 is 2.08. The number of nitrogens with zero attached hydrogens (tertiary/aromatic N) is 1. The summed E-state index contributed by atoms with van der Waals surface area (Å²) in [6, 6.07) is 4.06. The minimum atomic E-state index is -0.0521. The van der Waals surface area contributed by atoms with Gasteiger partial charge >= 0.3 is 0 Å². The molecule has 2 rings (SSSR count). The Morgan fingerprint density at radius 2 is 2.33 bits per heavy atom. The van der Waals surface area contributed by atoms with E-state index in [0.29, 0.717) is 6.54 Å². The summed E-state index contributed by atoms with van der Waals surface area (Å²) in [5.74, 6) is 0.113. The average Bonchev–Trinajstić information content (AvgIpc) is 2.41. The molecular weight excluding hydrogens is 152 g/mol. The van der Waals surface area contributed by atoms with Gasteiger partial charge in [0.2, 0.25) is 5.91 Å². The Kier molecular flexibility index (Phi) is 1.46. The highest BCUT2D eigenvalue weighted by Gasteiger charge is 2.23. The van der Waals surface area contributed by atoms with Crippen LogP contribution in [0.25, 0.3) is 0 Å². The SMILES string of the molecule is Cc1ccc2n1[C@@H](C)C(=O)NC2. The van der Waals surface area contributed by atoms with E-state index in [1.165, 1.54) is 5.69 Å². The van der Waals surface area contributed by atoms with Gasteiger partial charge in [-0.25, -0.2) is 0 Å². The fourth-order valence-corrected chi connectivity index (χ4v) is 1.74. The Hall–Kier alpha value is -1.25. The van der Waals surface area contributed by atoms with Gasteiger partial charge in [-0.3, -0.25) is 4.79 Å². The molecule has 64 valence electrons. The number of aromatic nitrogens is 1. The zero-order valence-corrected chi connectivity index (χ0v) is 7.29. The third kappa shape index (κ3) is 0.858. The maximum atomic E-state index is 11.3. The van der Waals surface area contributed by atoms with Gasteiger partial charge in [-0.15, -0.1) is 0 Å². The first-order valence-electron chi connectivity index (χ1n) is 4.14. The van der Waals surface area contributed by atoms with Gasteiger partial charge in [-0.2, -0.15) is 0 Å². The molecule has 1 amide bonds. The van der Waals surface area contributed by atoms with Crippen LogP contribution in [0.15, 0.2) is 12.1 Å². The van der Waals surface area contributed by atoms with E-state index in [0.717, 1.165) is 5.69 Å². The molecule has 0 spiro atoms. The summed E-state index contributed by atoms with van der Waals surface area (Å²) in [6.45, 7) is 4.61. The molecule has 1 atom stereocenters. The molecule has 1 aliphatic heterocycles. The standard InChI is InChI=1S/C9H12N2O/c1-6-3-4-8-5-10-9(12)7(2)11(6)8/h3-4,7H,5H2,1-2H3,(H,10,12)/t7-/m0/s1. The molecule has 1 N–H and O–H groups in total. The van der Waals surface area contributed by atoms with E-state index >= 15 is 0 Å². The predicted molar refractivity (Wildman–Crippen MR) is 45.7 cm³/mol. The van der Waals surface area contributed by atoms with E-state index in [-0.39, 0.29) is 11.9 Å². The molecular formula is C9H12N2O. The molecule has 1 aliphatic rings. The third-order valence-electron chi connectivity index (χ3n) is 2.42. The molecule has 12 heavy (non-hydrogen) atoms. The van der Waals surface area contributed by atoms with Gasteiger partial charge in [0.1, 0.15) is 6.04 Å². The molecule has 0 saturated heterocycles. The average molecular weight is 164 g/mol. The van der Waals surface area contributed by atoms with E-state index in [1.54, 1.807) is 0 Å². The van der Waals surface area contributed by atoms with Crippen LogP contribution in [0.4, 0.5) is 0 Å². The van der Waals surface area contributed by atoms with Crippen molar-refractivity contribution < 1.29 is 4.79 Å². The summed E-state index contributed by atoms with van der Waals surface area (Å²) in [6.07, 6.45) is 0. The second-order valence-electron chi connectivity index (χ2n) is 3.23. The van der Waals surface area contributed by atoms with Gasteiger partial charge in [0.15, 0.2) is 0 Å². The second-order valence-corrected chi connectivity index (χ2v) is 3.23. The fraction of sp³-hybridized carbons (Fsp3) is 0.444. The Morgan fingerprint density at radius 3 is 3.08 bits per heavy atom. The predicted octanol–water partition coefficient (Wildman–Crippen LogP) is 0.987. The van der Waals surface area contributed by atoms with E-state index in [2.05, 4.69) is 16.0 Å². The fourth-order valence-electron chi connectivity index (χ4n) is 1.74. The molecule has 2 heterocycles. The minimum Gasteiger partial charge on any atom is -0.349 e. The zero-order chi connectivity index (χ0) is 8.72. The van der Waals surface area contributed by atoms with Crippen LogP contribution in [0.3, 0.4) is 0 Å². The molecule has 0 aliphatic carbocycles. The quantitative estimate of drug-likeness (QED) is 0.609. The lowest BCUT2D eigenvalue weighted by Gasteiger charge is -2.24. The van der Waals surface area contributed by atoms with Crippen LogP contribution in [0.5, 0.6) is 0 Å². The zero-order valence-electron chi connectivity index (χ0n) is 7.29. The van der Waals surface area contributed by atoms with Gasteiger partial charge in [0.05, 0.1) is 6.54 Å². The van der Waals surface area contributed by atoms with Crippen molar-refractivity contribution in [1.82, 2.24) is 9.88 Å². The van der Waals surface area contributed by atoms with E-state index in [1.807, 2.05) is 19.9 Å². The van der Waals surface area contributed by atoms with Crippen LogP contribution in [0.2, 0.25) is 0 Å². The van der Waals surface area contributed by atoms with Gasteiger partial charge in [0.25, 0.3) is 0 Å². The number of carbonyl (C=O) groups is 1. The topological polar surface area (TPSA) is 34.0 Å². The number of fused-ring (bicyclic) bond motifs is 1. The Morgan fingerprint density at radius 1 is 1.58 bits per heavy atom. The number of hydrogen-bond acceptors (Lipinski definition) is 1. The van der Waals surface area contributed by atoms with Gasteiger partial charge in [-0.05, 0) is 26.0 Å². The molecule has 0 fully saturated rings. The molecule has 0 aromatic carbocycles. The van der Waals surface area contributed by atoms with Crippen LogP contribution in [-0.2, 0) is 11.3 Å². The van der Waals surface area contributed by atoms with Crippen molar-refractivity contribution in [2.75, 3.05) is 0 Å². The lowest BCUT2D eigenvalue weighted by atomic mass is 10.2. The first-order valence-corrected chi connectivity index (χ1v) is 4.14. The molecule has 0 unspecified atom stereocenters. The maximum absolute atomic E-state index is 11.3. The molecule has 1 aromatic heterocycles. The summed E-state index contributed by atoms with van der Waals surface area (Å²) in [5, 5.41) is 2.84. The maximum Gasteiger partial charge on any atom is 0.243 e. The van der Waals surface area contributed by atoms with Crippen molar-refractivity contribution in [2.24, 2.45) is 0 Å². The number of rotatable bonds is 0. The second kappa shape index (κ2) is 2.37. The largest absolute Gasteiger partial charge is 0.349 e. The van der Waals surface area contributed by atoms with Crippen molar-refractivity contribution in [1.29, 1.82) is 0 Å². The molecule has 0 saturated carbocycles. The van der Waals surface area contributed by atoms with Crippen molar-refractivity contribution in [2.45, 2.75) is 26.4 Å². The third-order valence-corrected chi connectivity index (χ3v) is 2.42. The Labute approximate surface area is 71.4 Å². The number of aryl methyl sites for hydroxylation is 1. The van der Waals surface area contributed by atoms with Gasteiger partial charge in [-0.1, -0.05) is 0 Å². The Balaban J connectivity index is 2.52. The van der Waals surface area contributed by atoms with Crippen molar-refractivity contribution in [3.63, 3.8) is 0 Å². The molecule has 0 radical (unpaired) electrons. The number of nitrogens with one attached hydrogen (secondary N) is 1. The van der Waals surface area contributed by atoms with Gasteiger partial charge in [0, 0.05) is 11.4 Å². The van der Waals surface area contributed by atoms with E-state index in [4.69, 9.17) is 0 Å². The molecule has 3 nitrogen and oxygen atoms in total. The van der Waals surface area contributed by atoms with Crippen molar-refractivity contribution >= 4 is 5.91 Å². The smallest absolute Gasteiger partial charge is 0.243 e.